The van der Waals surface area contributed by atoms with Gasteiger partial charge in [0.15, 0.2) is 5.16 Å². The summed E-state index contributed by atoms with van der Waals surface area (Å²) in [5.41, 5.74) is -0.119. The maximum Gasteiger partial charge on any atom is 0.344 e. The Morgan fingerprint density at radius 1 is 1.58 bits per heavy atom. The summed E-state index contributed by atoms with van der Waals surface area (Å²) >= 11 is 1.48. The predicted molar refractivity (Wildman–Crippen MR) is 73.6 cm³/mol. The SMILES string of the molecule is CCNc1cc(Sc2n[nH]c(=O)n2C2CC2)ccn1. The van der Waals surface area contributed by atoms with Crippen molar-refractivity contribution in [2.24, 2.45) is 0 Å². The average Bonchev–Trinajstić information content (AvgIpc) is 3.16. The van der Waals surface area contributed by atoms with Gasteiger partial charge in [-0.2, -0.15) is 0 Å². The molecule has 19 heavy (non-hydrogen) atoms. The van der Waals surface area contributed by atoms with Crippen LogP contribution in [0.25, 0.3) is 0 Å². The average molecular weight is 277 g/mol. The van der Waals surface area contributed by atoms with E-state index in [0.717, 1.165) is 35.3 Å². The lowest BCUT2D eigenvalue weighted by molar-refractivity contribution is 0.642. The summed E-state index contributed by atoms with van der Waals surface area (Å²) in [4.78, 5) is 16.9. The van der Waals surface area contributed by atoms with Crippen molar-refractivity contribution in [3.8, 4) is 0 Å². The second kappa shape index (κ2) is 5.08. The lowest BCUT2D eigenvalue weighted by atomic mass is 10.4. The highest BCUT2D eigenvalue weighted by Crippen LogP contribution is 2.37. The first kappa shape index (κ1) is 12.3. The minimum atomic E-state index is -0.119. The summed E-state index contributed by atoms with van der Waals surface area (Å²) < 4.78 is 1.75. The van der Waals surface area contributed by atoms with E-state index in [1.54, 1.807) is 10.8 Å². The molecule has 2 N–H and O–H groups in total. The number of hydrogen-bond acceptors (Lipinski definition) is 5. The maximum absolute atomic E-state index is 11.7. The molecule has 2 aromatic heterocycles. The highest BCUT2D eigenvalue weighted by Gasteiger charge is 2.28. The zero-order valence-corrected chi connectivity index (χ0v) is 11.4. The Kier molecular flexibility index (Phi) is 3.29. The highest BCUT2D eigenvalue weighted by molar-refractivity contribution is 7.99. The van der Waals surface area contributed by atoms with Crippen LogP contribution in [0.4, 0.5) is 5.82 Å². The van der Waals surface area contributed by atoms with Gasteiger partial charge < -0.3 is 5.32 Å². The number of nitrogens with one attached hydrogen (secondary N) is 2. The largest absolute Gasteiger partial charge is 0.370 e. The smallest absolute Gasteiger partial charge is 0.344 e. The van der Waals surface area contributed by atoms with Crippen molar-refractivity contribution in [2.75, 3.05) is 11.9 Å². The van der Waals surface area contributed by atoms with E-state index in [1.165, 1.54) is 11.8 Å². The van der Waals surface area contributed by atoms with Gasteiger partial charge in [0.25, 0.3) is 0 Å². The van der Waals surface area contributed by atoms with E-state index in [2.05, 4.69) is 20.5 Å². The number of pyridine rings is 1. The molecule has 1 aliphatic carbocycles. The lowest BCUT2D eigenvalue weighted by Crippen LogP contribution is -2.15. The van der Waals surface area contributed by atoms with Crippen LogP contribution >= 0.6 is 11.8 Å². The van der Waals surface area contributed by atoms with Crippen molar-refractivity contribution in [3.63, 3.8) is 0 Å². The van der Waals surface area contributed by atoms with Crippen LogP contribution in [0.3, 0.4) is 0 Å². The molecule has 1 fully saturated rings. The number of hydrogen-bond donors (Lipinski definition) is 2. The molecule has 0 unspecified atom stereocenters. The second-order valence-corrected chi connectivity index (χ2v) is 5.46. The summed E-state index contributed by atoms with van der Waals surface area (Å²) in [7, 11) is 0. The minimum absolute atomic E-state index is 0.119. The molecule has 1 aliphatic rings. The molecule has 1 saturated carbocycles. The Hall–Kier alpha value is -1.76. The van der Waals surface area contributed by atoms with Gasteiger partial charge in [-0.25, -0.2) is 14.9 Å². The van der Waals surface area contributed by atoms with Crippen LogP contribution in [-0.2, 0) is 0 Å². The summed E-state index contributed by atoms with van der Waals surface area (Å²) in [6.07, 6.45) is 3.88. The molecule has 2 heterocycles. The van der Waals surface area contributed by atoms with Gasteiger partial charge in [-0.15, -0.1) is 5.10 Å². The summed E-state index contributed by atoms with van der Waals surface area (Å²) in [5.74, 6) is 0.836. The van der Waals surface area contributed by atoms with E-state index >= 15 is 0 Å². The second-order valence-electron chi connectivity index (χ2n) is 4.42. The van der Waals surface area contributed by atoms with E-state index in [1.807, 2.05) is 19.1 Å². The number of nitrogens with zero attached hydrogens (tertiary/aromatic N) is 3. The fraction of sp³-hybridized carbons (Fsp3) is 0.417. The van der Waals surface area contributed by atoms with Crippen molar-refractivity contribution < 1.29 is 0 Å². The topological polar surface area (TPSA) is 75.6 Å². The zero-order chi connectivity index (χ0) is 13.2. The van der Waals surface area contributed by atoms with Crippen molar-refractivity contribution in [1.82, 2.24) is 19.7 Å². The van der Waals surface area contributed by atoms with E-state index in [-0.39, 0.29) is 5.69 Å². The third-order valence-corrected chi connectivity index (χ3v) is 3.84. The zero-order valence-electron chi connectivity index (χ0n) is 10.6. The predicted octanol–water partition coefficient (Wildman–Crippen LogP) is 1.88. The van der Waals surface area contributed by atoms with E-state index < -0.39 is 0 Å². The maximum atomic E-state index is 11.7. The summed E-state index contributed by atoms with van der Waals surface area (Å²) in [6.45, 7) is 2.86. The van der Waals surface area contributed by atoms with Crippen molar-refractivity contribution in [3.05, 3.63) is 28.8 Å². The van der Waals surface area contributed by atoms with Gasteiger partial charge in [-0.1, -0.05) is 0 Å². The van der Waals surface area contributed by atoms with Crippen LogP contribution in [-0.4, -0.2) is 26.3 Å². The molecule has 7 heteroatoms. The number of rotatable bonds is 5. The van der Waals surface area contributed by atoms with Crippen LogP contribution < -0.4 is 11.0 Å². The van der Waals surface area contributed by atoms with Crippen LogP contribution in [0.2, 0.25) is 0 Å². The fourth-order valence-corrected chi connectivity index (χ4v) is 2.81. The van der Waals surface area contributed by atoms with Crippen LogP contribution in [0.15, 0.2) is 33.2 Å². The van der Waals surface area contributed by atoms with E-state index in [9.17, 15) is 4.79 Å². The monoisotopic (exact) mass is 277 g/mol. The minimum Gasteiger partial charge on any atom is -0.370 e. The number of aromatic nitrogens is 4. The van der Waals surface area contributed by atoms with E-state index in [0.29, 0.717) is 6.04 Å². The Balaban J connectivity index is 1.85. The molecular weight excluding hydrogens is 262 g/mol. The van der Waals surface area contributed by atoms with Crippen LogP contribution in [0.1, 0.15) is 25.8 Å². The first-order chi connectivity index (χ1) is 9.28. The molecule has 3 rings (SSSR count). The molecule has 0 aliphatic heterocycles. The standard InChI is InChI=1S/C12H15N5OS/c1-2-13-10-7-9(5-6-14-10)19-12-16-15-11(18)17(12)8-3-4-8/h5-8H,2-4H2,1H3,(H,13,14)(H,15,18). The Bertz CT molecular complexity index is 631. The van der Waals surface area contributed by atoms with Gasteiger partial charge in [-0.05, 0) is 43.7 Å². The molecule has 6 nitrogen and oxygen atoms in total. The van der Waals surface area contributed by atoms with Gasteiger partial charge in [0, 0.05) is 23.7 Å². The van der Waals surface area contributed by atoms with E-state index in [4.69, 9.17) is 0 Å². The third-order valence-electron chi connectivity index (χ3n) is 2.88. The molecule has 0 radical (unpaired) electrons. The number of anilines is 1. The van der Waals surface area contributed by atoms with Crippen molar-refractivity contribution >= 4 is 17.6 Å². The quantitative estimate of drug-likeness (QED) is 0.872. The first-order valence-electron chi connectivity index (χ1n) is 6.32. The molecule has 0 bridgehead atoms. The summed E-state index contributed by atoms with van der Waals surface area (Å²) in [5, 5.41) is 10.5. The Morgan fingerprint density at radius 2 is 2.42 bits per heavy atom. The molecule has 2 aromatic rings. The van der Waals surface area contributed by atoms with Gasteiger partial charge in [-0.3, -0.25) is 4.57 Å². The van der Waals surface area contributed by atoms with Gasteiger partial charge in [0.05, 0.1) is 0 Å². The van der Waals surface area contributed by atoms with Gasteiger partial charge in [0.1, 0.15) is 5.82 Å². The Morgan fingerprint density at radius 3 is 3.16 bits per heavy atom. The molecule has 100 valence electrons. The number of H-pyrrole nitrogens is 1. The third kappa shape index (κ3) is 2.65. The molecule has 0 spiro atoms. The van der Waals surface area contributed by atoms with Crippen molar-refractivity contribution in [2.45, 2.75) is 35.9 Å². The molecule has 0 saturated heterocycles. The van der Waals surface area contributed by atoms with Crippen molar-refractivity contribution in [1.29, 1.82) is 0 Å². The normalized spacial score (nSPS) is 14.6. The summed E-state index contributed by atoms with van der Waals surface area (Å²) in [6, 6.07) is 4.20. The highest BCUT2D eigenvalue weighted by atomic mass is 32.2. The van der Waals surface area contributed by atoms with Crippen LogP contribution in [0, 0.1) is 0 Å². The van der Waals surface area contributed by atoms with Crippen LogP contribution in [0.5, 0.6) is 0 Å². The van der Waals surface area contributed by atoms with Gasteiger partial charge in [0.2, 0.25) is 0 Å². The lowest BCUT2D eigenvalue weighted by Gasteiger charge is -2.05. The molecular formula is C12H15N5OS. The molecule has 0 aromatic carbocycles. The Labute approximate surface area is 114 Å². The molecule has 0 amide bonds. The molecule has 0 atom stereocenters. The fourth-order valence-electron chi connectivity index (χ4n) is 1.87. The van der Waals surface area contributed by atoms with Gasteiger partial charge >= 0.3 is 5.69 Å². The number of aromatic amines is 1. The first-order valence-corrected chi connectivity index (χ1v) is 7.14.